The highest BCUT2D eigenvalue weighted by Gasteiger charge is 2.29. The van der Waals surface area contributed by atoms with Crippen LogP contribution in [0.5, 0.6) is 11.5 Å². The molecule has 1 N–H and O–H groups in total. The van der Waals surface area contributed by atoms with Crippen LogP contribution < -0.4 is 9.47 Å². The lowest BCUT2D eigenvalue weighted by Crippen LogP contribution is -2.19. The Hall–Kier alpha value is -1.23. The Bertz CT molecular complexity index is 675. The van der Waals surface area contributed by atoms with Gasteiger partial charge in [-0.3, -0.25) is 0 Å². The van der Waals surface area contributed by atoms with Gasteiger partial charge in [0.2, 0.25) is 0 Å². The lowest BCUT2D eigenvalue weighted by Gasteiger charge is -2.30. The van der Waals surface area contributed by atoms with Crippen molar-refractivity contribution >= 4 is 27.5 Å². The second kappa shape index (κ2) is 5.87. The molecule has 0 amide bonds. The smallest absolute Gasteiger partial charge is 0.129 e. The van der Waals surface area contributed by atoms with Crippen molar-refractivity contribution in [1.82, 2.24) is 0 Å². The van der Waals surface area contributed by atoms with Crippen LogP contribution in [0.15, 0.2) is 40.9 Å². The van der Waals surface area contributed by atoms with Crippen molar-refractivity contribution in [2.24, 2.45) is 0 Å². The molecule has 0 aliphatic carbocycles. The van der Waals surface area contributed by atoms with E-state index in [9.17, 15) is 5.11 Å². The molecule has 0 aromatic heterocycles. The molecule has 2 atom stereocenters. The predicted molar refractivity (Wildman–Crippen MR) is 85.1 cm³/mol. The molecular formula is C16H14BrClO3. The van der Waals surface area contributed by atoms with Crippen molar-refractivity contribution in [3.05, 3.63) is 57.0 Å². The zero-order valence-electron chi connectivity index (χ0n) is 11.3. The molecule has 2 aromatic carbocycles. The zero-order chi connectivity index (χ0) is 15.0. The monoisotopic (exact) mass is 368 g/mol. The minimum atomic E-state index is -0.579. The molecule has 1 aliphatic rings. The van der Waals surface area contributed by atoms with Gasteiger partial charge >= 0.3 is 0 Å². The average Bonchev–Trinajstić information content (AvgIpc) is 2.46. The van der Waals surface area contributed by atoms with E-state index in [2.05, 4.69) is 15.9 Å². The Labute approximate surface area is 136 Å². The third kappa shape index (κ3) is 2.89. The largest absolute Gasteiger partial charge is 0.497 e. The van der Waals surface area contributed by atoms with Gasteiger partial charge in [0.1, 0.15) is 17.6 Å². The summed E-state index contributed by atoms with van der Waals surface area (Å²) in [4.78, 5) is 0. The van der Waals surface area contributed by atoms with Crippen molar-refractivity contribution in [2.45, 2.75) is 18.6 Å². The molecule has 110 valence electrons. The Morgan fingerprint density at radius 3 is 2.71 bits per heavy atom. The standard InChI is InChI=1S/C16H14BrClO3/c1-20-10-3-5-12-14(19)8-16(21-15(12)7-10)11-4-2-9(17)6-13(11)18/h2-7,14,16,19H,8H2,1H3/t14-,16?/m1/s1. The molecule has 0 saturated carbocycles. The number of aliphatic hydroxyl groups excluding tert-OH is 1. The van der Waals surface area contributed by atoms with E-state index < -0.39 is 6.10 Å². The van der Waals surface area contributed by atoms with Crippen molar-refractivity contribution in [2.75, 3.05) is 7.11 Å². The number of rotatable bonds is 2. The summed E-state index contributed by atoms with van der Waals surface area (Å²) in [6.07, 6.45) is -0.384. The second-order valence-electron chi connectivity index (χ2n) is 4.93. The Kier molecular flexibility index (Phi) is 4.11. The van der Waals surface area contributed by atoms with Gasteiger partial charge < -0.3 is 14.6 Å². The van der Waals surface area contributed by atoms with E-state index in [0.717, 1.165) is 15.6 Å². The minimum absolute atomic E-state index is 0.278. The number of fused-ring (bicyclic) bond motifs is 1. The number of hydrogen-bond acceptors (Lipinski definition) is 3. The van der Waals surface area contributed by atoms with Gasteiger partial charge in [-0.25, -0.2) is 0 Å². The van der Waals surface area contributed by atoms with Crippen molar-refractivity contribution in [1.29, 1.82) is 0 Å². The van der Waals surface area contributed by atoms with Crippen molar-refractivity contribution < 1.29 is 14.6 Å². The van der Waals surface area contributed by atoms with E-state index in [0.29, 0.717) is 22.9 Å². The number of hydrogen-bond donors (Lipinski definition) is 1. The van der Waals surface area contributed by atoms with Crippen LogP contribution >= 0.6 is 27.5 Å². The molecule has 0 spiro atoms. The number of ether oxygens (including phenoxy) is 2. The lowest BCUT2D eigenvalue weighted by molar-refractivity contribution is 0.0655. The summed E-state index contributed by atoms with van der Waals surface area (Å²) in [5, 5.41) is 10.9. The maximum atomic E-state index is 10.3. The summed E-state index contributed by atoms with van der Waals surface area (Å²) in [5.74, 6) is 1.33. The zero-order valence-corrected chi connectivity index (χ0v) is 13.7. The normalized spacial score (nSPS) is 20.6. The van der Waals surface area contributed by atoms with Gasteiger partial charge in [0.15, 0.2) is 0 Å². The van der Waals surface area contributed by atoms with E-state index in [-0.39, 0.29) is 6.10 Å². The van der Waals surface area contributed by atoms with Crippen LogP contribution in [0.2, 0.25) is 5.02 Å². The molecule has 0 bridgehead atoms. The first-order valence-electron chi connectivity index (χ1n) is 6.56. The highest BCUT2D eigenvalue weighted by atomic mass is 79.9. The van der Waals surface area contributed by atoms with E-state index in [1.807, 2.05) is 30.3 Å². The molecule has 21 heavy (non-hydrogen) atoms. The molecular weight excluding hydrogens is 356 g/mol. The van der Waals surface area contributed by atoms with Crippen LogP contribution in [0.3, 0.4) is 0 Å². The first kappa shape index (κ1) is 14.7. The third-order valence-electron chi connectivity index (χ3n) is 3.60. The number of aliphatic hydroxyl groups is 1. The molecule has 3 rings (SSSR count). The number of benzene rings is 2. The maximum absolute atomic E-state index is 10.3. The summed E-state index contributed by atoms with van der Waals surface area (Å²) in [6, 6.07) is 11.1. The van der Waals surface area contributed by atoms with Gasteiger partial charge in [-0.05, 0) is 24.3 Å². The average molecular weight is 370 g/mol. The summed E-state index contributed by atoms with van der Waals surface area (Å²) >= 11 is 9.67. The SMILES string of the molecule is COc1ccc2c(c1)OC(c1ccc(Br)cc1Cl)C[C@H]2O. The summed E-state index contributed by atoms with van der Waals surface area (Å²) < 4.78 is 12.1. The molecule has 0 fully saturated rings. The second-order valence-corrected chi connectivity index (χ2v) is 6.25. The maximum Gasteiger partial charge on any atom is 0.129 e. The molecule has 0 saturated heterocycles. The van der Waals surface area contributed by atoms with E-state index in [1.165, 1.54) is 0 Å². The minimum Gasteiger partial charge on any atom is -0.497 e. The molecule has 2 aromatic rings. The molecule has 3 nitrogen and oxygen atoms in total. The molecule has 1 unspecified atom stereocenters. The predicted octanol–water partition coefficient (Wildman–Crippen LogP) is 4.67. The Balaban J connectivity index is 1.96. The van der Waals surface area contributed by atoms with Crippen molar-refractivity contribution in [3.8, 4) is 11.5 Å². The van der Waals surface area contributed by atoms with Crippen LogP contribution in [-0.2, 0) is 0 Å². The van der Waals surface area contributed by atoms with E-state index >= 15 is 0 Å². The van der Waals surface area contributed by atoms with Crippen LogP contribution in [0.25, 0.3) is 0 Å². The fraction of sp³-hybridized carbons (Fsp3) is 0.250. The van der Waals surface area contributed by atoms with E-state index in [1.54, 1.807) is 13.2 Å². The van der Waals surface area contributed by atoms with Crippen LogP contribution in [-0.4, -0.2) is 12.2 Å². The first-order valence-corrected chi connectivity index (χ1v) is 7.73. The first-order chi connectivity index (χ1) is 10.1. The molecule has 1 heterocycles. The van der Waals surface area contributed by atoms with Gasteiger partial charge in [0.05, 0.1) is 13.2 Å². The summed E-state index contributed by atoms with van der Waals surface area (Å²) in [5.41, 5.74) is 1.65. The topological polar surface area (TPSA) is 38.7 Å². The fourth-order valence-corrected chi connectivity index (χ4v) is 3.30. The summed E-state index contributed by atoms with van der Waals surface area (Å²) in [7, 11) is 1.60. The van der Waals surface area contributed by atoms with Crippen LogP contribution in [0.1, 0.15) is 29.8 Å². The van der Waals surface area contributed by atoms with Gasteiger partial charge in [0.25, 0.3) is 0 Å². The summed E-state index contributed by atoms with van der Waals surface area (Å²) in [6.45, 7) is 0. The van der Waals surface area contributed by atoms with E-state index in [4.69, 9.17) is 21.1 Å². The van der Waals surface area contributed by atoms with Gasteiger partial charge in [-0.15, -0.1) is 0 Å². The third-order valence-corrected chi connectivity index (χ3v) is 4.42. The quantitative estimate of drug-likeness (QED) is 0.836. The highest BCUT2D eigenvalue weighted by Crippen LogP contribution is 2.43. The van der Waals surface area contributed by atoms with Crippen LogP contribution in [0, 0.1) is 0 Å². The number of halogens is 2. The van der Waals surface area contributed by atoms with Gasteiger partial charge in [-0.1, -0.05) is 33.6 Å². The lowest BCUT2D eigenvalue weighted by atomic mass is 9.95. The van der Waals surface area contributed by atoms with Gasteiger partial charge in [-0.2, -0.15) is 0 Å². The molecule has 1 aliphatic heterocycles. The van der Waals surface area contributed by atoms with Crippen LogP contribution in [0.4, 0.5) is 0 Å². The Morgan fingerprint density at radius 1 is 1.24 bits per heavy atom. The van der Waals surface area contributed by atoms with Crippen molar-refractivity contribution in [3.63, 3.8) is 0 Å². The molecule has 0 radical (unpaired) electrons. The number of methoxy groups -OCH3 is 1. The fourth-order valence-electron chi connectivity index (χ4n) is 2.50. The van der Waals surface area contributed by atoms with Gasteiger partial charge in [0, 0.05) is 33.1 Å². The highest BCUT2D eigenvalue weighted by molar-refractivity contribution is 9.10. The Morgan fingerprint density at radius 2 is 2.00 bits per heavy atom. The molecule has 5 heteroatoms.